The van der Waals surface area contributed by atoms with Gasteiger partial charge in [0.25, 0.3) is 0 Å². The lowest BCUT2D eigenvalue weighted by atomic mass is 9.87. The lowest BCUT2D eigenvalue weighted by Crippen LogP contribution is -2.04. The van der Waals surface area contributed by atoms with E-state index in [0.717, 1.165) is 62.1 Å². The summed E-state index contributed by atoms with van der Waals surface area (Å²) in [5.74, 6) is 0. The molecule has 0 aliphatic carbocycles. The van der Waals surface area contributed by atoms with Gasteiger partial charge in [-0.2, -0.15) is 0 Å². The normalized spacial score (nSPS) is 11.7. The molecule has 0 saturated heterocycles. The van der Waals surface area contributed by atoms with E-state index in [2.05, 4.69) is 287 Å². The van der Waals surface area contributed by atoms with E-state index in [9.17, 15) is 0 Å². The number of para-hydroxylation sites is 2. The second-order valence-corrected chi connectivity index (χ2v) is 18.4. The van der Waals surface area contributed by atoms with E-state index in [1.54, 1.807) is 0 Å². The highest BCUT2D eigenvalue weighted by Gasteiger charge is 2.25. The molecule has 0 unspecified atom stereocenters. The van der Waals surface area contributed by atoms with Crippen molar-refractivity contribution in [3.8, 4) is 73.2 Å². The Morgan fingerprint density at radius 3 is 1.11 bits per heavy atom. The minimum absolute atomic E-state index is 1.09. The van der Waals surface area contributed by atoms with Crippen molar-refractivity contribution in [1.82, 2.24) is 13.7 Å². The molecule has 0 aliphatic rings. The standard InChI is InChI=1S/C68H45N3/c1-5-21-47(22-6-1)61-40-41-62(48-23-7-2-8-24-48)69(61)51-37-39-58-59(44-51)67(56-33-19-29-46-20-13-14-30-53(46)56)57-38-36-52(70-63(49-25-9-3-10-26-49)42-43-64(70)50-27-11-4-12-28-50)45-60(57)68(58)71-65-34-17-15-31-54(65)55-32-16-18-35-66(55)71/h1-45H. The minimum atomic E-state index is 1.09. The first-order valence-electron chi connectivity index (χ1n) is 24.4. The Balaban J connectivity index is 1.16. The Kier molecular flexibility index (Phi) is 9.53. The van der Waals surface area contributed by atoms with Gasteiger partial charge in [-0.25, -0.2) is 0 Å². The van der Waals surface area contributed by atoms with Crippen LogP contribution in [0.25, 0.3) is 127 Å². The molecule has 14 rings (SSSR count). The number of hydrogen-bond acceptors (Lipinski definition) is 0. The van der Waals surface area contributed by atoms with Crippen LogP contribution in [0.3, 0.4) is 0 Å². The highest BCUT2D eigenvalue weighted by molar-refractivity contribution is 6.23. The SMILES string of the molecule is c1ccc(-c2ccc(-c3ccccc3)n2-c2ccc3c(-n4c5ccccc5c5ccccc54)c4cc(-n5c(-c6ccccc6)ccc5-c5ccccc5)ccc4c(-c4cccc5ccccc45)c3c2)cc1. The molecule has 0 amide bonds. The zero-order valence-electron chi connectivity index (χ0n) is 38.8. The fourth-order valence-electron chi connectivity index (χ4n) is 11.4. The summed E-state index contributed by atoms with van der Waals surface area (Å²) in [4.78, 5) is 0. The summed E-state index contributed by atoms with van der Waals surface area (Å²) in [5.41, 5.74) is 17.3. The second kappa shape index (κ2) is 16.7. The van der Waals surface area contributed by atoms with Crippen molar-refractivity contribution in [2.24, 2.45) is 0 Å². The number of fused-ring (bicyclic) bond motifs is 6. The molecule has 71 heavy (non-hydrogen) atoms. The van der Waals surface area contributed by atoms with E-state index in [1.165, 1.54) is 65.3 Å². The van der Waals surface area contributed by atoms with Crippen LogP contribution in [-0.4, -0.2) is 13.7 Å². The second-order valence-electron chi connectivity index (χ2n) is 18.4. The van der Waals surface area contributed by atoms with Crippen molar-refractivity contribution in [2.45, 2.75) is 0 Å². The van der Waals surface area contributed by atoms with Crippen LogP contribution in [0.2, 0.25) is 0 Å². The maximum Gasteiger partial charge on any atom is 0.0620 e. The average Bonchev–Trinajstić information content (AvgIpc) is 4.19. The predicted molar refractivity (Wildman–Crippen MR) is 299 cm³/mol. The molecule has 3 aromatic heterocycles. The minimum Gasteiger partial charge on any atom is -0.309 e. The molecule has 0 spiro atoms. The van der Waals surface area contributed by atoms with Crippen molar-refractivity contribution in [1.29, 1.82) is 0 Å². The Labute approximate surface area is 412 Å². The van der Waals surface area contributed by atoms with E-state index in [1.807, 2.05) is 0 Å². The van der Waals surface area contributed by atoms with Crippen molar-refractivity contribution < 1.29 is 0 Å². The van der Waals surface area contributed by atoms with Gasteiger partial charge in [0, 0.05) is 32.9 Å². The average molecular weight is 904 g/mol. The van der Waals surface area contributed by atoms with Crippen LogP contribution in [0.15, 0.2) is 273 Å². The molecule has 0 bridgehead atoms. The van der Waals surface area contributed by atoms with Crippen molar-refractivity contribution in [3.05, 3.63) is 273 Å². The topological polar surface area (TPSA) is 14.8 Å². The molecule has 0 atom stereocenters. The largest absolute Gasteiger partial charge is 0.309 e. The number of rotatable bonds is 8. The summed E-state index contributed by atoms with van der Waals surface area (Å²) in [6, 6.07) is 100. The molecule has 332 valence electrons. The van der Waals surface area contributed by atoms with Gasteiger partial charge in [-0.3, -0.25) is 0 Å². The summed E-state index contributed by atoms with van der Waals surface area (Å²) in [6.07, 6.45) is 0. The molecule has 0 saturated carbocycles. The van der Waals surface area contributed by atoms with Gasteiger partial charge in [0.1, 0.15) is 0 Å². The first-order valence-corrected chi connectivity index (χ1v) is 24.4. The maximum atomic E-state index is 2.54. The van der Waals surface area contributed by atoms with Gasteiger partial charge in [-0.15, -0.1) is 0 Å². The smallest absolute Gasteiger partial charge is 0.0620 e. The van der Waals surface area contributed by atoms with Crippen LogP contribution in [-0.2, 0) is 0 Å². The fourth-order valence-corrected chi connectivity index (χ4v) is 11.4. The first kappa shape index (κ1) is 40.6. The fraction of sp³-hybridized carbons (Fsp3) is 0. The molecule has 3 heterocycles. The zero-order chi connectivity index (χ0) is 46.8. The van der Waals surface area contributed by atoms with E-state index in [-0.39, 0.29) is 0 Å². The van der Waals surface area contributed by atoms with Gasteiger partial charge >= 0.3 is 0 Å². The van der Waals surface area contributed by atoms with Crippen LogP contribution in [0, 0.1) is 0 Å². The molecule has 11 aromatic carbocycles. The van der Waals surface area contributed by atoms with Gasteiger partial charge in [0.2, 0.25) is 0 Å². The molecule has 0 aliphatic heterocycles. The van der Waals surface area contributed by atoms with Crippen LogP contribution < -0.4 is 0 Å². The third-order valence-electron chi connectivity index (χ3n) is 14.5. The number of aromatic nitrogens is 3. The number of benzene rings is 11. The quantitative estimate of drug-likeness (QED) is 0.135. The molecule has 14 aromatic rings. The summed E-state index contributed by atoms with van der Waals surface area (Å²) < 4.78 is 7.44. The lowest BCUT2D eigenvalue weighted by Gasteiger charge is -2.23. The molecular weight excluding hydrogens is 859 g/mol. The highest BCUT2D eigenvalue weighted by atomic mass is 15.0. The van der Waals surface area contributed by atoms with Crippen LogP contribution in [0.5, 0.6) is 0 Å². The molecule has 3 heteroatoms. The Bertz CT molecular complexity index is 4140. The third kappa shape index (κ3) is 6.59. The Morgan fingerprint density at radius 2 is 0.620 bits per heavy atom. The molecule has 0 radical (unpaired) electrons. The Morgan fingerprint density at radius 1 is 0.225 bits per heavy atom. The summed E-state index contributed by atoms with van der Waals surface area (Å²) in [6.45, 7) is 0. The van der Waals surface area contributed by atoms with Gasteiger partial charge in [-0.1, -0.05) is 212 Å². The highest BCUT2D eigenvalue weighted by Crippen LogP contribution is 2.48. The van der Waals surface area contributed by atoms with Gasteiger partial charge in [-0.05, 0) is 116 Å². The zero-order valence-corrected chi connectivity index (χ0v) is 38.8. The van der Waals surface area contributed by atoms with Gasteiger partial charge in [0.15, 0.2) is 0 Å². The van der Waals surface area contributed by atoms with Crippen LogP contribution in [0.4, 0.5) is 0 Å². The maximum absolute atomic E-state index is 2.54. The van der Waals surface area contributed by atoms with Crippen LogP contribution >= 0.6 is 0 Å². The Hall–Kier alpha value is -9.44. The van der Waals surface area contributed by atoms with Crippen molar-refractivity contribution in [3.63, 3.8) is 0 Å². The molecule has 3 nitrogen and oxygen atoms in total. The van der Waals surface area contributed by atoms with E-state index in [0.29, 0.717) is 0 Å². The van der Waals surface area contributed by atoms with Gasteiger partial charge < -0.3 is 13.7 Å². The summed E-state index contributed by atoms with van der Waals surface area (Å²) in [7, 11) is 0. The molecule has 0 N–H and O–H groups in total. The number of hydrogen-bond donors (Lipinski definition) is 0. The van der Waals surface area contributed by atoms with Gasteiger partial charge in [0.05, 0.1) is 39.5 Å². The summed E-state index contributed by atoms with van der Waals surface area (Å²) in [5, 5.41) is 9.58. The van der Waals surface area contributed by atoms with Crippen molar-refractivity contribution in [2.75, 3.05) is 0 Å². The summed E-state index contributed by atoms with van der Waals surface area (Å²) >= 11 is 0. The van der Waals surface area contributed by atoms with E-state index < -0.39 is 0 Å². The number of nitrogens with zero attached hydrogens (tertiary/aromatic N) is 3. The third-order valence-corrected chi connectivity index (χ3v) is 14.5. The molecule has 0 fully saturated rings. The predicted octanol–water partition coefficient (Wildman–Crippen LogP) is 18.2. The van der Waals surface area contributed by atoms with E-state index in [4.69, 9.17) is 0 Å². The van der Waals surface area contributed by atoms with Crippen LogP contribution in [0.1, 0.15) is 0 Å². The first-order chi connectivity index (χ1) is 35.3. The van der Waals surface area contributed by atoms with E-state index >= 15 is 0 Å². The molecular formula is C68H45N3. The van der Waals surface area contributed by atoms with Crippen molar-refractivity contribution >= 4 is 54.1 Å². The monoisotopic (exact) mass is 903 g/mol. The lowest BCUT2D eigenvalue weighted by molar-refractivity contribution is 1.10.